The minimum atomic E-state index is 0.0958. The fourth-order valence-electron chi connectivity index (χ4n) is 16.7. The first-order chi connectivity index (χ1) is 62.8. The summed E-state index contributed by atoms with van der Waals surface area (Å²) in [6, 6.07) is 106. The van der Waals surface area contributed by atoms with Gasteiger partial charge in [-0.25, -0.2) is 59.0 Å². The maximum atomic E-state index is 10.8. The second-order valence-electron chi connectivity index (χ2n) is 29.7. The summed E-state index contributed by atoms with van der Waals surface area (Å²) in [5.74, 6) is 2.23. The topological polar surface area (TPSA) is 256 Å². The van der Waals surface area contributed by atoms with Crippen LogP contribution in [0.5, 0.6) is 0 Å². The molecule has 0 atom stereocenters. The fraction of sp³-hybridized carbons (Fsp3) is 0. The third-order valence-electron chi connectivity index (χ3n) is 22.4. The molecule has 0 fully saturated rings. The number of aromatic nitrogens is 8. The molecule has 0 saturated heterocycles. The Labute approximate surface area is 731 Å². The molecule has 4 aromatic heterocycles. The van der Waals surface area contributed by atoms with Crippen molar-refractivity contribution in [3.63, 3.8) is 0 Å². The Balaban J connectivity index is 0.870. The molecule has 0 saturated carbocycles. The summed E-state index contributed by atoms with van der Waals surface area (Å²) < 4.78 is 4.19. The highest BCUT2D eigenvalue weighted by Gasteiger charge is 2.28. The number of fused-ring (bicyclic) bond motifs is 6. The van der Waals surface area contributed by atoms with Gasteiger partial charge in [-0.15, -0.1) is 0 Å². The lowest BCUT2D eigenvalue weighted by molar-refractivity contribution is 1.06. The zero-order valence-electron chi connectivity index (χ0n) is 66.8. The summed E-state index contributed by atoms with van der Waals surface area (Å²) >= 11 is 0. The lowest BCUT2D eigenvalue weighted by Gasteiger charge is -2.17. The molecule has 0 radical (unpaired) electrons. The molecule has 0 aliphatic carbocycles. The predicted octanol–water partition coefficient (Wildman–Crippen LogP) is 26.8. The van der Waals surface area contributed by atoms with Gasteiger partial charge in [-0.05, 0) is 166 Å². The van der Waals surface area contributed by atoms with Crippen LogP contribution < -0.4 is 0 Å². The number of rotatable bonds is 14. The van der Waals surface area contributed by atoms with E-state index in [1.165, 1.54) is 48.5 Å². The maximum Gasteiger partial charge on any atom is 0.197 e. The van der Waals surface area contributed by atoms with Crippen molar-refractivity contribution in [2.75, 3.05) is 0 Å². The minimum Gasteiger partial charge on any atom is -0.309 e. The molecule has 20 nitrogen and oxygen atoms in total. The molecule has 128 heavy (non-hydrogen) atoms. The average molecular weight is 1630 g/mol. The molecule has 20 heteroatoms. The summed E-state index contributed by atoms with van der Waals surface area (Å²) in [5.41, 5.74) is 15.6. The zero-order valence-corrected chi connectivity index (χ0v) is 66.8. The molecule has 0 amide bonds. The Hall–Kier alpha value is -20.2. The van der Waals surface area contributed by atoms with E-state index in [2.05, 4.69) is 92.8 Å². The van der Waals surface area contributed by atoms with Crippen LogP contribution in [0.4, 0.5) is 34.1 Å². The number of benzene rings is 15. The Morgan fingerprint density at radius 1 is 0.227 bits per heavy atom. The van der Waals surface area contributed by atoms with Crippen LogP contribution in [0.1, 0.15) is 33.4 Å². The highest BCUT2D eigenvalue weighted by Crippen LogP contribution is 2.49. The SMILES string of the molecule is [C-]#[N+]c1cc(C#N)c(-c2ccc3c(c2)c2cc(-c4c(C#N)cc([N+]#[C-])cc4[N+]#[C-])ccc2n3-c2ccc(-c3cccc(-c4cc(-c5nc(-c6ccccc6)nc(-c6ccccc6)n5)cc(-n5c6ccc(-c7c(C#N)cc(C#N)cc7[N+]#[C-])cc6c6cc(-c7c(C#N)cc(C#N)cc7[N+]#[C-])ccc65)c4)c3)cc2-c2nc(-c3ccccc3)nc(-c3ccccc3)n2)c([N+]#[C-])c1. The monoisotopic (exact) mass is 1630 g/mol. The van der Waals surface area contributed by atoms with Gasteiger partial charge in [0.05, 0.1) is 115 Å². The summed E-state index contributed by atoms with van der Waals surface area (Å²) in [6.07, 6.45) is 0. The van der Waals surface area contributed by atoms with Crippen LogP contribution in [-0.2, 0) is 0 Å². The molecule has 4 heterocycles. The number of hydrogen-bond acceptors (Lipinski definition) is 12. The van der Waals surface area contributed by atoms with Gasteiger partial charge < -0.3 is 9.13 Å². The molecule has 0 aliphatic rings. The van der Waals surface area contributed by atoms with Gasteiger partial charge in [0.2, 0.25) is 0 Å². The van der Waals surface area contributed by atoms with E-state index in [9.17, 15) is 31.6 Å². The summed E-state index contributed by atoms with van der Waals surface area (Å²) in [7, 11) is 0. The second kappa shape index (κ2) is 32.5. The Morgan fingerprint density at radius 2 is 0.531 bits per heavy atom. The van der Waals surface area contributed by atoms with Crippen LogP contribution in [-0.4, -0.2) is 39.0 Å². The van der Waals surface area contributed by atoms with Crippen molar-refractivity contribution in [3.8, 4) is 183 Å². The zero-order chi connectivity index (χ0) is 87.8. The Kier molecular flexibility index (Phi) is 19.7. The van der Waals surface area contributed by atoms with E-state index in [4.69, 9.17) is 69.3 Å². The van der Waals surface area contributed by atoms with E-state index < -0.39 is 0 Å². The molecule has 0 aliphatic heterocycles. The van der Waals surface area contributed by atoms with Crippen LogP contribution in [0.15, 0.2) is 303 Å². The largest absolute Gasteiger partial charge is 0.309 e. The van der Waals surface area contributed by atoms with Crippen LogP contribution in [0, 0.1) is 107 Å². The van der Waals surface area contributed by atoms with Gasteiger partial charge in [-0.1, -0.05) is 182 Å². The van der Waals surface area contributed by atoms with Crippen LogP contribution in [0.2, 0.25) is 0 Å². The van der Waals surface area contributed by atoms with Gasteiger partial charge in [0, 0.05) is 105 Å². The van der Waals surface area contributed by atoms with Gasteiger partial charge in [-0.2, -0.15) is 31.6 Å². The first-order valence-corrected chi connectivity index (χ1v) is 39.6. The molecule has 0 unspecified atom stereocenters. The van der Waals surface area contributed by atoms with E-state index in [0.717, 1.165) is 38.9 Å². The van der Waals surface area contributed by atoms with Crippen molar-refractivity contribution in [2.24, 2.45) is 0 Å². The first kappa shape index (κ1) is 77.7. The standard InChI is InChI=1S/C108H50N20/c1-115-82-46-80(61-113)101(92(55-82)119-5)74-33-38-96-87(53-74)88-54-75(102-81(62-114)47-83(116-2)56-93(102)120-6)34-39-97(88)128(96)98-35-30-71(50-89(98)108-125-105(67-24-15-9-16-25-67)122-106(126-108)68-26-17-10-18-27-68)69-28-19-29-70(44-69)76-45-77(107-123-103(65-20-11-7-12-21-65)121-104(124-107)66-22-13-8-14-23-66)49-84(48-76)127-94-36-31-72(99-78(59-111)40-63(57-109)42-90(99)117-3)51-85(94)86-52-73(32-37-95(86)127)100-79(60-112)41-64(58-110)43-91(100)118-4/h7-56H. The van der Waals surface area contributed by atoms with Gasteiger partial charge in [0.1, 0.15) is 0 Å². The highest BCUT2D eigenvalue weighted by atomic mass is 15.1. The Bertz CT molecular complexity index is 8040. The van der Waals surface area contributed by atoms with Crippen molar-refractivity contribution < 1.29 is 0 Å². The van der Waals surface area contributed by atoms with Gasteiger partial charge in [0.25, 0.3) is 0 Å². The van der Waals surface area contributed by atoms with E-state index in [-0.39, 0.29) is 67.5 Å². The van der Waals surface area contributed by atoms with Crippen molar-refractivity contribution in [3.05, 3.63) is 405 Å². The molecule has 0 bridgehead atoms. The van der Waals surface area contributed by atoms with Gasteiger partial charge >= 0.3 is 0 Å². The van der Waals surface area contributed by atoms with Gasteiger partial charge in [-0.3, -0.25) is 0 Å². The second-order valence-corrected chi connectivity index (χ2v) is 29.7. The van der Waals surface area contributed by atoms with Crippen molar-refractivity contribution in [1.82, 2.24) is 39.0 Å². The van der Waals surface area contributed by atoms with Crippen LogP contribution >= 0.6 is 0 Å². The third kappa shape index (κ3) is 13.7. The summed E-state index contributed by atoms with van der Waals surface area (Å²) in [5, 5.41) is 65.8. The van der Waals surface area contributed by atoms with E-state index in [1.54, 1.807) is 0 Å². The normalized spacial score (nSPS) is 10.7. The van der Waals surface area contributed by atoms with Gasteiger partial charge in [0.15, 0.2) is 69.1 Å². The number of hydrogen-bond donors (Lipinski definition) is 0. The molecule has 15 aromatic carbocycles. The van der Waals surface area contributed by atoms with Crippen molar-refractivity contribution in [2.45, 2.75) is 0 Å². The number of nitrogens with zero attached hydrogens (tertiary/aromatic N) is 20. The summed E-state index contributed by atoms with van der Waals surface area (Å²) in [4.78, 5) is 54.2. The molecule has 0 N–H and O–H groups in total. The van der Waals surface area contributed by atoms with E-state index >= 15 is 0 Å². The minimum absolute atomic E-state index is 0.0958. The predicted molar refractivity (Wildman–Crippen MR) is 493 cm³/mol. The molecular formula is C108H50N20. The average Bonchev–Trinajstić information content (AvgIpc) is 1.57. The lowest BCUT2D eigenvalue weighted by Crippen LogP contribution is -2.04. The van der Waals surface area contributed by atoms with E-state index in [0.29, 0.717) is 151 Å². The van der Waals surface area contributed by atoms with E-state index in [1.807, 2.05) is 237 Å². The van der Waals surface area contributed by atoms with Crippen molar-refractivity contribution in [1.29, 1.82) is 31.6 Å². The molecule has 19 aromatic rings. The molecule has 19 rings (SSSR count). The van der Waals surface area contributed by atoms with Crippen LogP contribution in [0.3, 0.4) is 0 Å². The van der Waals surface area contributed by atoms with Crippen LogP contribution in [0.25, 0.3) is 219 Å². The quantitative estimate of drug-likeness (QED) is 0.0921. The number of nitriles is 6. The highest BCUT2D eigenvalue weighted by molar-refractivity contribution is 6.15. The fourth-order valence-corrected chi connectivity index (χ4v) is 16.7. The molecule has 582 valence electrons. The Morgan fingerprint density at radius 3 is 0.891 bits per heavy atom. The smallest absolute Gasteiger partial charge is 0.197 e. The molecule has 0 spiro atoms. The summed E-state index contributed by atoms with van der Waals surface area (Å²) in [6.45, 7) is 49.2. The first-order valence-electron chi connectivity index (χ1n) is 39.6. The molecular weight excluding hydrogens is 1580 g/mol. The third-order valence-corrected chi connectivity index (χ3v) is 22.4. The van der Waals surface area contributed by atoms with Crippen molar-refractivity contribution >= 4 is 77.7 Å². The maximum absolute atomic E-state index is 10.8. The lowest BCUT2D eigenvalue weighted by atomic mass is 9.93.